The molecule has 0 radical (unpaired) electrons. The molecule has 0 amide bonds. The van der Waals surface area contributed by atoms with Crippen LogP contribution in [0.1, 0.15) is 11.1 Å². The average Bonchev–Trinajstić information content (AvgIpc) is 3.39. The third kappa shape index (κ3) is 5.52. The van der Waals surface area contributed by atoms with Crippen molar-refractivity contribution in [2.24, 2.45) is 5.10 Å². The third-order valence-electron chi connectivity index (χ3n) is 6.31. The second-order valence-corrected chi connectivity index (χ2v) is 10.9. The summed E-state index contributed by atoms with van der Waals surface area (Å²) in [6, 6.07) is 23.3. The first-order valence-corrected chi connectivity index (χ1v) is 13.9. The van der Waals surface area contributed by atoms with Gasteiger partial charge in [0, 0.05) is 33.1 Å². The van der Waals surface area contributed by atoms with Crippen LogP contribution in [0.15, 0.2) is 104 Å². The number of nitrogens with zero attached hydrogens (tertiary/aromatic N) is 4. The minimum Gasteiger partial charge on any atom is -0.487 e. The Morgan fingerprint density at radius 2 is 1.86 bits per heavy atom. The first-order valence-electron chi connectivity index (χ1n) is 12.4. The minimum atomic E-state index is -0.469. The lowest BCUT2D eigenvalue weighted by Gasteiger charge is -2.12. The van der Waals surface area contributed by atoms with Crippen LogP contribution in [-0.2, 0) is 6.61 Å². The summed E-state index contributed by atoms with van der Waals surface area (Å²) in [7, 11) is 0. The molecule has 2 heterocycles. The van der Waals surface area contributed by atoms with Gasteiger partial charge in [-0.05, 0) is 70.0 Å². The van der Waals surface area contributed by atoms with Gasteiger partial charge in [0.25, 0.3) is 11.2 Å². The van der Waals surface area contributed by atoms with E-state index >= 15 is 0 Å². The fourth-order valence-electron chi connectivity index (χ4n) is 4.38. The molecule has 0 fully saturated rings. The summed E-state index contributed by atoms with van der Waals surface area (Å²) in [6.07, 6.45) is 1.43. The van der Waals surface area contributed by atoms with Crippen LogP contribution in [-0.4, -0.2) is 20.8 Å². The monoisotopic (exact) mass is 662 g/mol. The minimum absolute atomic E-state index is 0.0347. The quantitative estimate of drug-likeness (QED) is 0.0966. The van der Waals surface area contributed by atoms with E-state index in [1.54, 1.807) is 72.8 Å². The van der Waals surface area contributed by atoms with Crippen molar-refractivity contribution in [1.82, 2.24) is 9.66 Å². The Hall–Kier alpha value is -4.51. The predicted molar refractivity (Wildman–Crippen MR) is 166 cm³/mol. The van der Waals surface area contributed by atoms with Crippen molar-refractivity contribution in [2.75, 3.05) is 0 Å². The second-order valence-electron chi connectivity index (χ2n) is 9.13. The van der Waals surface area contributed by atoms with Gasteiger partial charge in [-0.15, -0.1) is 0 Å². The lowest BCUT2D eigenvalue weighted by molar-refractivity contribution is -0.384. The van der Waals surface area contributed by atoms with Gasteiger partial charge in [-0.1, -0.05) is 47.5 Å². The molecule has 42 heavy (non-hydrogen) atoms. The number of fused-ring (bicyclic) bond motifs is 2. The number of aromatic nitrogens is 2. The molecule has 0 aliphatic heterocycles. The highest BCUT2D eigenvalue weighted by molar-refractivity contribution is 9.10. The summed E-state index contributed by atoms with van der Waals surface area (Å²) in [5.74, 6) is 0.875. The van der Waals surface area contributed by atoms with E-state index in [9.17, 15) is 14.9 Å². The molecule has 0 aliphatic carbocycles. The van der Waals surface area contributed by atoms with E-state index in [4.69, 9.17) is 37.3 Å². The van der Waals surface area contributed by atoms with Crippen LogP contribution in [0, 0.1) is 10.1 Å². The van der Waals surface area contributed by atoms with Crippen LogP contribution in [0.3, 0.4) is 0 Å². The maximum atomic E-state index is 13.7. The van der Waals surface area contributed by atoms with Crippen molar-refractivity contribution in [3.63, 3.8) is 0 Å². The molecule has 12 heteroatoms. The molecule has 208 valence electrons. The van der Waals surface area contributed by atoms with Gasteiger partial charge in [0.1, 0.15) is 17.9 Å². The normalized spacial score (nSPS) is 11.5. The van der Waals surface area contributed by atoms with E-state index in [2.05, 4.69) is 21.0 Å². The number of hydrogen-bond donors (Lipinski definition) is 0. The standard InChI is InChI=1S/C30H17BrCl2N4O5/c31-24-14-21(33)12-19(28(24)41-16-17-4-3-5-22(10-17)37(39)40)15-34-36-29(35-25-7-2-1-6-23(25)30(36)38)27-13-18-11-20(32)8-9-26(18)42-27/h1-15H,16H2. The van der Waals surface area contributed by atoms with E-state index in [0.717, 1.165) is 10.1 Å². The highest BCUT2D eigenvalue weighted by atomic mass is 79.9. The van der Waals surface area contributed by atoms with Gasteiger partial charge in [0.2, 0.25) is 5.82 Å². The summed E-state index contributed by atoms with van der Waals surface area (Å²) in [5.41, 5.74) is 1.64. The van der Waals surface area contributed by atoms with Crippen LogP contribution in [0.5, 0.6) is 5.75 Å². The Morgan fingerprint density at radius 1 is 1.02 bits per heavy atom. The fraction of sp³-hybridized carbons (Fsp3) is 0.0333. The van der Waals surface area contributed by atoms with E-state index < -0.39 is 10.5 Å². The number of non-ortho nitro benzene ring substituents is 1. The highest BCUT2D eigenvalue weighted by Crippen LogP contribution is 2.33. The van der Waals surface area contributed by atoms with Crippen molar-refractivity contribution in [2.45, 2.75) is 6.61 Å². The maximum Gasteiger partial charge on any atom is 0.282 e. The summed E-state index contributed by atoms with van der Waals surface area (Å²) in [6.45, 7) is 0.0347. The highest BCUT2D eigenvalue weighted by Gasteiger charge is 2.18. The predicted octanol–water partition coefficient (Wildman–Crippen LogP) is 8.25. The van der Waals surface area contributed by atoms with Crippen molar-refractivity contribution < 1.29 is 14.1 Å². The van der Waals surface area contributed by atoms with Gasteiger partial charge in [-0.2, -0.15) is 9.78 Å². The second kappa shape index (κ2) is 11.4. The Bertz CT molecular complexity index is 2110. The van der Waals surface area contributed by atoms with Gasteiger partial charge in [-0.25, -0.2) is 4.98 Å². The number of halogens is 3. The number of nitro groups is 1. The summed E-state index contributed by atoms with van der Waals surface area (Å²) in [5, 5.41) is 17.7. The third-order valence-corrected chi connectivity index (χ3v) is 7.35. The Kier molecular flexibility index (Phi) is 7.51. The van der Waals surface area contributed by atoms with Gasteiger partial charge in [-0.3, -0.25) is 14.9 Å². The molecule has 0 saturated heterocycles. The van der Waals surface area contributed by atoms with Gasteiger partial charge >= 0.3 is 0 Å². The molecule has 0 spiro atoms. The molecule has 2 aromatic heterocycles. The molecule has 6 rings (SSSR count). The molecule has 0 atom stereocenters. The molecule has 0 bridgehead atoms. The number of furan rings is 1. The zero-order valence-electron chi connectivity index (χ0n) is 21.3. The summed E-state index contributed by atoms with van der Waals surface area (Å²) < 4.78 is 13.8. The molecule has 0 unspecified atom stereocenters. The maximum absolute atomic E-state index is 13.7. The van der Waals surface area contributed by atoms with Crippen molar-refractivity contribution in [1.29, 1.82) is 0 Å². The van der Waals surface area contributed by atoms with E-state index in [0.29, 0.717) is 53.6 Å². The lowest BCUT2D eigenvalue weighted by Crippen LogP contribution is -2.20. The van der Waals surface area contributed by atoms with Crippen molar-refractivity contribution in [3.05, 3.63) is 131 Å². The number of para-hydroxylation sites is 1. The van der Waals surface area contributed by atoms with Crippen LogP contribution in [0.2, 0.25) is 10.0 Å². The number of benzene rings is 4. The largest absolute Gasteiger partial charge is 0.487 e. The SMILES string of the molecule is O=c1c2ccccc2nc(-c2cc3cc(Cl)ccc3o2)n1N=Cc1cc(Cl)cc(Br)c1OCc1cccc([N+](=O)[O-])c1. The topological polar surface area (TPSA) is 113 Å². The molecule has 6 aromatic rings. The average molecular weight is 664 g/mol. The van der Waals surface area contributed by atoms with Gasteiger partial charge < -0.3 is 9.15 Å². The molecule has 0 N–H and O–H groups in total. The van der Waals surface area contributed by atoms with Crippen LogP contribution < -0.4 is 10.3 Å². The Morgan fingerprint density at radius 3 is 2.69 bits per heavy atom. The first kappa shape index (κ1) is 27.6. The zero-order valence-corrected chi connectivity index (χ0v) is 24.4. The molecular weight excluding hydrogens is 647 g/mol. The van der Waals surface area contributed by atoms with Crippen LogP contribution in [0.4, 0.5) is 5.69 Å². The fourth-order valence-corrected chi connectivity index (χ4v) is 5.51. The molecule has 9 nitrogen and oxygen atoms in total. The van der Waals surface area contributed by atoms with E-state index in [-0.39, 0.29) is 18.1 Å². The first-order chi connectivity index (χ1) is 20.3. The van der Waals surface area contributed by atoms with Crippen LogP contribution >= 0.6 is 39.1 Å². The van der Waals surface area contributed by atoms with E-state index in [1.807, 2.05) is 0 Å². The van der Waals surface area contributed by atoms with Crippen molar-refractivity contribution >= 4 is 72.9 Å². The summed E-state index contributed by atoms with van der Waals surface area (Å²) in [4.78, 5) is 29.1. The number of ether oxygens (including phenoxy) is 1. The van der Waals surface area contributed by atoms with Gasteiger partial charge in [0.15, 0.2) is 5.76 Å². The number of hydrogen-bond acceptors (Lipinski definition) is 7. The molecule has 4 aromatic carbocycles. The van der Waals surface area contributed by atoms with Gasteiger partial charge in [0.05, 0.1) is 26.5 Å². The smallest absolute Gasteiger partial charge is 0.282 e. The number of nitro benzene ring substituents is 1. The summed E-state index contributed by atoms with van der Waals surface area (Å²) >= 11 is 16.0. The Balaban J connectivity index is 1.44. The molecule has 0 saturated carbocycles. The van der Waals surface area contributed by atoms with E-state index in [1.165, 1.54) is 18.3 Å². The lowest BCUT2D eigenvalue weighted by atomic mass is 10.2. The molecular formula is C30H17BrCl2N4O5. The number of rotatable bonds is 7. The molecule has 0 aliphatic rings. The van der Waals surface area contributed by atoms with Crippen LogP contribution in [0.25, 0.3) is 33.5 Å². The zero-order chi connectivity index (χ0) is 29.4. The van der Waals surface area contributed by atoms with Crippen molar-refractivity contribution in [3.8, 4) is 17.3 Å². The Labute approximate surface area is 255 Å².